The van der Waals surface area contributed by atoms with Crippen molar-refractivity contribution in [1.29, 1.82) is 0 Å². The minimum atomic E-state index is 0.286. The van der Waals surface area contributed by atoms with Gasteiger partial charge in [-0.1, -0.05) is 44.2 Å². The van der Waals surface area contributed by atoms with Crippen LogP contribution < -0.4 is 4.90 Å². The van der Waals surface area contributed by atoms with E-state index in [1.54, 1.807) is 4.90 Å². The van der Waals surface area contributed by atoms with Crippen molar-refractivity contribution >= 4 is 5.91 Å². The number of carbonyl (C=O) groups is 1. The maximum absolute atomic E-state index is 12.7. The summed E-state index contributed by atoms with van der Waals surface area (Å²) in [5.41, 5.74) is 1.44. The number of hydrogen-bond acceptors (Lipinski definition) is 1. The molecule has 0 saturated carbocycles. The zero-order valence-electron chi connectivity index (χ0n) is 15.3. The summed E-state index contributed by atoms with van der Waals surface area (Å²) in [6, 6.07) is 10.8. The maximum atomic E-state index is 12.7. The van der Waals surface area contributed by atoms with Crippen molar-refractivity contribution in [3.05, 3.63) is 35.9 Å². The Morgan fingerprint density at radius 3 is 2.38 bits per heavy atom. The first-order chi connectivity index (χ1) is 11.6. The predicted molar refractivity (Wildman–Crippen MR) is 98.1 cm³/mol. The number of nitrogens with one attached hydrogen (secondary N) is 1. The van der Waals surface area contributed by atoms with Gasteiger partial charge in [-0.15, -0.1) is 0 Å². The van der Waals surface area contributed by atoms with E-state index in [-0.39, 0.29) is 5.92 Å². The smallest absolute Gasteiger partial charge is 0.226 e. The fraction of sp³-hybridized carbons (Fsp3) is 0.667. The largest absolute Gasteiger partial charge is 0.342 e. The first-order valence-corrected chi connectivity index (χ1v) is 9.80. The Bertz CT molecular complexity index is 514. The van der Waals surface area contributed by atoms with Crippen LogP contribution in [0.5, 0.6) is 0 Å². The van der Waals surface area contributed by atoms with Gasteiger partial charge in [0.1, 0.15) is 0 Å². The second-order valence-electron chi connectivity index (χ2n) is 8.05. The quantitative estimate of drug-likeness (QED) is 0.901. The van der Waals surface area contributed by atoms with Crippen LogP contribution >= 0.6 is 0 Å². The molecule has 0 unspecified atom stereocenters. The van der Waals surface area contributed by atoms with Crippen molar-refractivity contribution in [3.8, 4) is 0 Å². The number of piperidine rings is 2. The van der Waals surface area contributed by atoms with E-state index in [1.807, 2.05) is 0 Å². The molecule has 0 radical (unpaired) electrons. The topological polar surface area (TPSA) is 24.8 Å². The van der Waals surface area contributed by atoms with Gasteiger partial charge in [-0.05, 0) is 24.3 Å². The highest BCUT2D eigenvalue weighted by Gasteiger charge is 2.32. The van der Waals surface area contributed by atoms with Crippen LogP contribution in [0.2, 0.25) is 0 Å². The van der Waals surface area contributed by atoms with E-state index in [2.05, 4.69) is 49.1 Å². The van der Waals surface area contributed by atoms with E-state index >= 15 is 0 Å². The molecule has 1 aromatic carbocycles. The molecule has 1 N–H and O–H groups in total. The lowest BCUT2D eigenvalue weighted by Gasteiger charge is -2.36. The van der Waals surface area contributed by atoms with Crippen molar-refractivity contribution in [1.82, 2.24) is 4.90 Å². The molecule has 2 aliphatic heterocycles. The van der Waals surface area contributed by atoms with Gasteiger partial charge in [-0.3, -0.25) is 4.79 Å². The number of nitrogens with zero attached hydrogens (tertiary/aromatic N) is 1. The van der Waals surface area contributed by atoms with Gasteiger partial charge in [0.25, 0.3) is 0 Å². The van der Waals surface area contributed by atoms with Crippen LogP contribution in [-0.2, 0) is 4.79 Å². The molecular formula is C21H33N2O+. The molecule has 2 saturated heterocycles. The van der Waals surface area contributed by atoms with Gasteiger partial charge in [-0.25, -0.2) is 0 Å². The lowest BCUT2D eigenvalue weighted by atomic mass is 9.92. The number of amides is 1. The predicted octanol–water partition coefficient (Wildman–Crippen LogP) is 2.34. The number of hydrogen-bond donors (Lipinski definition) is 1. The summed E-state index contributed by atoms with van der Waals surface area (Å²) in [6.45, 7) is 10.1. The Balaban J connectivity index is 1.45. The van der Waals surface area contributed by atoms with Gasteiger partial charge in [-0.2, -0.15) is 0 Å². The number of rotatable bonds is 4. The summed E-state index contributed by atoms with van der Waals surface area (Å²) in [6.07, 6.45) is 4.51. The second-order valence-corrected chi connectivity index (χ2v) is 8.05. The normalized spacial score (nSPS) is 27.0. The molecule has 1 atom stereocenters. The summed E-state index contributed by atoms with van der Waals surface area (Å²) >= 11 is 0. The molecule has 2 fully saturated rings. The molecular weight excluding hydrogens is 296 g/mol. The number of benzene rings is 1. The van der Waals surface area contributed by atoms with Gasteiger partial charge >= 0.3 is 0 Å². The van der Waals surface area contributed by atoms with Crippen molar-refractivity contribution in [3.63, 3.8) is 0 Å². The van der Waals surface area contributed by atoms with E-state index in [9.17, 15) is 4.79 Å². The molecule has 0 aromatic heterocycles. The molecule has 132 valence electrons. The van der Waals surface area contributed by atoms with Crippen molar-refractivity contribution in [2.75, 3.05) is 32.7 Å². The number of carbonyl (C=O) groups excluding carboxylic acids is 1. The third kappa shape index (κ3) is 4.38. The molecule has 2 heterocycles. The Labute approximate surface area is 147 Å². The van der Waals surface area contributed by atoms with E-state index in [0.29, 0.717) is 11.8 Å². The van der Waals surface area contributed by atoms with Crippen molar-refractivity contribution in [2.24, 2.45) is 11.8 Å². The highest BCUT2D eigenvalue weighted by Crippen LogP contribution is 2.21. The fourth-order valence-corrected chi connectivity index (χ4v) is 4.30. The van der Waals surface area contributed by atoms with Gasteiger partial charge < -0.3 is 9.80 Å². The third-order valence-electron chi connectivity index (χ3n) is 6.10. The number of quaternary nitrogens is 1. The molecule has 3 heteroatoms. The lowest BCUT2D eigenvalue weighted by molar-refractivity contribution is -0.907. The molecule has 0 bridgehead atoms. The van der Waals surface area contributed by atoms with E-state index in [1.165, 1.54) is 24.9 Å². The first-order valence-electron chi connectivity index (χ1n) is 9.80. The molecule has 1 amide bonds. The van der Waals surface area contributed by atoms with Crippen LogP contribution in [0.15, 0.2) is 30.3 Å². The van der Waals surface area contributed by atoms with Crippen LogP contribution in [0.3, 0.4) is 0 Å². The number of likely N-dealkylation sites (tertiary alicyclic amines) is 2. The SMILES string of the molecule is CC1CCN(C(=O)C2CC[NH+](C[C@@H](C)c3ccccc3)CC2)CC1. The Morgan fingerprint density at radius 2 is 1.75 bits per heavy atom. The van der Waals surface area contributed by atoms with Gasteiger partial charge in [0.2, 0.25) is 5.91 Å². The lowest BCUT2D eigenvalue weighted by Crippen LogP contribution is -3.13. The van der Waals surface area contributed by atoms with Crippen LogP contribution in [0.4, 0.5) is 0 Å². The average molecular weight is 330 g/mol. The van der Waals surface area contributed by atoms with E-state index < -0.39 is 0 Å². The van der Waals surface area contributed by atoms with Crippen LogP contribution in [-0.4, -0.2) is 43.5 Å². The molecule has 24 heavy (non-hydrogen) atoms. The summed E-state index contributed by atoms with van der Waals surface area (Å²) < 4.78 is 0. The van der Waals surface area contributed by atoms with Gasteiger partial charge in [0, 0.05) is 37.8 Å². The highest BCUT2D eigenvalue weighted by molar-refractivity contribution is 5.79. The van der Waals surface area contributed by atoms with E-state index in [4.69, 9.17) is 0 Å². The summed E-state index contributed by atoms with van der Waals surface area (Å²) in [7, 11) is 0. The Hall–Kier alpha value is -1.35. The second kappa shape index (κ2) is 8.15. The zero-order chi connectivity index (χ0) is 16.9. The summed E-state index contributed by atoms with van der Waals surface area (Å²) in [5, 5.41) is 0. The molecule has 0 spiro atoms. The van der Waals surface area contributed by atoms with Crippen LogP contribution in [0.1, 0.15) is 51.0 Å². The van der Waals surface area contributed by atoms with E-state index in [0.717, 1.165) is 44.9 Å². The molecule has 2 aliphatic rings. The summed E-state index contributed by atoms with van der Waals surface area (Å²) in [4.78, 5) is 16.5. The van der Waals surface area contributed by atoms with Crippen LogP contribution in [0, 0.1) is 11.8 Å². The fourth-order valence-electron chi connectivity index (χ4n) is 4.30. The van der Waals surface area contributed by atoms with Crippen molar-refractivity contribution in [2.45, 2.75) is 45.4 Å². The molecule has 0 aliphatic carbocycles. The Kier molecular flexibility index (Phi) is 5.94. The minimum Gasteiger partial charge on any atom is -0.342 e. The third-order valence-corrected chi connectivity index (χ3v) is 6.10. The Morgan fingerprint density at radius 1 is 1.12 bits per heavy atom. The zero-order valence-corrected chi connectivity index (χ0v) is 15.3. The highest BCUT2D eigenvalue weighted by atomic mass is 16.2. The van der Waals surface area contributed by atoms with Crippen LogP contribution in [0.25, 0.3) is 0 Å². The molecule has 1 aromatic rings. The monoisotopic (exact) mass is 329 g/mol. The van der Waals surface area contributed by atoms with Gasteiger partial charge in [0.15, 0.2) is 0 Å². The molecule has 3 nitrogen and oxygen atoms in total. The standard InChI is InChI=1S/C21H32N2O/c1-17-8-14-23(15-9-17)21(24)20-10-12-22(13-11-20)16-18(2)19-6-4-3-5-7-19/h3-7,17-18,20H,8-16H2,1-2H3/p+1/t18-/m1/s1. The van der Waals surface area contributed by atoms with Crippen molar-refractivity contribution < 1.29 is 9.69 Å². The minimum absolute atomic E-state index is 0.286. The van der Waals surface area contributed by atoms with Gasteiger partial charge in [0.05, 0.1) is 19.6 Å². The maximum Gasteiger partial charge on any atom is 0.226 e. The molecule has 3 rings (SSSR count). The first kappa shape index (κ1) is 17.5. The summed E-state index contributed by atoms with van der Waals surface area (Å²) in [5.74, 6) is 2.11. The average Bonchev–Trinajstić information content (AvgIpc) is 2.63.